The van der Waals surface area contributed by atoms with Crippen molar-refractivity contribution in [1.82, 2.24) is 9.80 Å². The normalized spacial score (nSPS) is 13.3. The zero-order valence-electron chi connectivity index (χ0n) is 17.3. The first kappa shape index (κ1) is 21.9. The van der Waals surface area contributed by atoms with Gasteiger partial charge in [-0.05, 0) is 36.4 Å². The van der Waals surface area contributed by atoms with Crippen LogP contribution in [0.15, 0.2) is 54.6 Å². The molecule has 9 nitrogen and oxygen atoms in total. The zero-order chi connectivity index (χ0) is 22.1. The SMILES string of the molecule is COc1ccc(OCC(=O)OCC(=O)N2CCN(C(=O)Nc3ccccc3)CC2)cc1. The molecule has 1 aliphatic heterocycles. The van der Waals surface area contributed by atoms with Gasteiger partial charge >= 0.3 is 12.0 Å². The van der Waals surface area contributed by atoms with Crippen molar-refractivity contribution in [2.24, 2.45) is 0 Å². The van der Waals surface area contributed by atoms with Gasteiger partial charge in [-0.3, -0.25) is 4.79 Å². The lowest BCUT2D eigenvalue weighted by Gasteiger charge is -2.34. The molecule has 0 bridgehead atoms. The number of rotatable bonds is 7. The molecule has 1 saturated heterocycles. The summed E-state index contributed by atoms with van der Waals surface area (Å²) < 4.78 is 15.4. The van der Waals surface area contributed by atoms with Crippen molar-refractivity contribution in [2.45, 2.75) is 0 Å². The lowest BCUT2D eigenvalue weighted by Crippen LogP contribution is -2.52. The second-order valence-electron chi connectivity index (χ2n) is 6.79. The van der Waals surface area contributed by atoms with Crippen molar-refractivity contribution >= 4 is 23.6 Å². The van der Waals surface area contributed by atoms with Crippen LogP contribution in [0.4, 0.5) is 10.5 Å². The van der Waals surface area contributed by atoms with E-state index in [0.29, 0.717) is 37.7 Å². The van der Waals surface area contributed by atoms with Gasteiger partial charge < -0.3 is 29.3 Å². The van der Waals surface area contributed by atoms with E-state index in [4.69, 9.17) is 14.2 Å². The van der Waals surface area contributed by atoms with E-state index in [9.17, 15) is 14.4 Å². The number of anilines is 1. The standard InChI is InChI=1S/C22H25N3O6/c1-29-18-7-9-19(10-8-18)30-16-21(27)31-15-20(26)24-11-13-25(14-12-24)22(28)23-17-5-3-2-4-6-17/h2-10H,11-16H2,1H3,(H,23,28). The number of esters is 1. The second-order valence-corrected chi connectivity index (χ2v) is 6.79. The molecule has 0 saturated carbocycles. The van der Waals surface area contributed by atoms with Crippen LogP contribution in [0.5, 0.6) is 11.5 Å². The number of urea groups is 1. The van der Waals surface area contributed by atoms with Crippen molar-refractivity contribution in [3.8, 4) is 11.5 Å². The van der Waals surface area contributed by atoms with Gasteiger partial charge in [0.15, 0.2) is 13.2 Å². The molecule has 3 rings (SSSR count). The lowest BCUT2D eigenvalue weighted by atomic mass is 10.3. The highest BCUT2D eigenvalue weighted by Crippen LogP contribution is 2.17. The summed E-state index contributed by atoms with van der Waals surface area (Å²) in [4.78, 5) is 39.7. The van der Waals surface area contributed by atoms with E-state index in [1.54, 1.807) is 41.2 Å². The van der Waals surface area contributed by atoms with Crippen molar-refractivity contribution in [3.63, 3.8) is 0 Å². The summed E-state index contributed by atoms with van der Waals surface area (Å²) in [7, 11) is 1.56. The third-order valence-corrected chi connectivity index (χ3v) is 4.72. The van der Waals surface area contributed by atoms with Crippen LogP contribution in [0.1, 0.15) is 0 Å². The lowest BCUT2D eigenvalue weighted by molar-refractivity contribution is -0.154. The zero-order valence-corrected chi connectivity index (χ0v) is 17.3. The highest BCUT2D eigenvalue weighted by atomic mass is 16.6. The largest absolute Gasteiger partial charge is 0.497 e. The monoisotopic (exact) mass is 427 g/mol. The average molecular weight is 427 g/mol. The molecule has 0 radical (unpaired) electrons. The van der Waals surface area contributed by atoms with Crippen LogP contribution in [0.25, 0.3) is 0 Å². The van der Waals surface area contributed by atoms with Crippen molar-refractivity contribution < 1.29 is 28.6 Å². The summed E-state index contributed by atoms with van der Waals surface area (Å²) in [5.74, 6) is 0.234. The Bertz CT molecular complexity index is 880. The minimum absolute atomic E-state index is 0.208. The van der Waals surface area contributed by atoms with E-state index in [2.05, 4.69) is 5.32 Å². The van der Waals surface area contributed by atoms with Gasteiger partial charge in [-0.25, -0.2) is 9.59 Å². The highest BCUT2D eigenvalue weighted by molar-refractivity contribution is 5.89. The van der Waals surface area contributed by atoms with Gasteiger partial charge in [0.25, 0.3) is 5.91 Å². The number of piperazine rings is 1. The summed E-state index contributed by atoms with van der Waals surface area (Å²) in [6, 6.07) is 15.7. The Morgan fingerprint density at radius 2 is 1.45 bits per heavy atom. The summed E-state index contributed by atoms with van der Waals surface area (Å²) in [5.41, 5.74) is 0.717. The molecular weight excluding hydrogens is 402 g/mol. The van der Waals surface area contributed by atoms with Gasteiger partial charge in [-0.2, -0.15) is 0 Å². The summed E-state index contributed by atoms with van der Waals surface area (Å²) in [6.07, 6.45) is 0. The van der Waals surface area contributed by atoms with Crippen LogP contribution in [0.3, 0.4) is 0 Å². The number of nitrogens with zero attached hydrogens (tertiary/aromatic N) is 2. The van der Waals surface area contributed by atoms with E-state index in [0.717, 1.165) is 5.69 Å². The molecule has 1 aliphatic rings. The number of para-hydroxylation sites is 1. The summed E-state index contributed by atoms with van der Waals surface area (Å²) in [5, 5.41) is 2.82. The van der Waals surface area contributed by atoms with Crippen molar-refractivity contribution in [1.29, 1.82) is 0 Å². The molecule has 1 fully saturated rings. The Labute approximate surface area is 180 Å². The van der Waals surface area contributed by atoms with Gasteiger partial charge in [0.1, 0.15) is 11.5 Å². The van der Waals surface area contributed by atoms with Gasteiger partial charge in [0, 0.05) is 31.9 Å². The predicted octanol–water partition coefficient (Wildman–Crippen LogP) is 1.99. The summed E-state index contributed by atoms with van der Waals surface area (Å²) >= 11 is 0. The first-order valence-corrected chi connectivity index (χ1v) is 9.86. The van der Waals surface area contributed by atoms with Crippen LogP contribution in [0, 0.1) is 0 Å². The predicted molar refractivity (Wildman–Crippen MR) is 113 cm³/mol. The van der Waals surface area contributed by atoms with E-state index < -0.39 is 5.97 Å². The number of amides is 3. The summed E-state index contributed by atoms with van der Waals surface area (Å²) in [6.45, 7) is 0.897. The van der Waals surface area contributed by atoms with Gasteiger partial charge in [-0.1, -0.05) is 18.2 Å². The quantitative estimate of drug-likeness (QED) is 0.679. The molecule has 1 N–H and O–H groups in total. The number of nitrogens with one attached hydrogen (secondary N) is 1. The molecule has 164 valence electrons. The number of ether oxygens (including phenoxy) is 3. The van der Waals surface area contributed by atoms with Crippen molar-refractivity contribution in [2.75, 3.05) is 51.8 Å². The van der Waals surface area contributed by atoms with Crippen LogP contribution in [-0.4, -0.2) is 74.2 Å². The third kappa shape index (κ3) is 6.63. The minimum Gasteiger partial charge on any atom is -0.497 e. The smallest absolute Gasteiger partial charge is 0.344 e. The van der Waals surface area contributed by atoms with Crippen molar-refractivity contribution in [3.05, 3.63) is 54.6 Å². The fourth-order valence-electron chi connectivity index (χ4n) is 2.97. The molecule has 9 heteroatoms. The van der Waals surface area contributed by atoms with E-state index >= 15 is 0 Å². The van der Waals surface area contributed by atoms with Gasteiger partial charge in [0.2, 0.25) is 0 Å². The number of benzene rings is 2. The topological polar surface area (TPSA) is 97.4 Å². The van der Waals surface area contributed by atoms with Crippen LogP contribution < -0.4 is 14.8 Å². The Morgan fingerprint density at radius 1 is 0.839 bits per heavy atom. The van der Waals surface area contributed by atoms with Crippen LogP contribution in [0.2, 0.25) is 0 Å². The molecule has 0 aliphatic carbocycles. The molecular formula is C22H25N3O6. The third-order valence-electron chi connectivity index (χ3n) is 4.72. The first-order valence-electron chi connectivity index (χ1n) is 9.86. The van der Waals surface area contributed by atoms with Crippen LogP contribution in [-0.2, 0) is 14.3 Å². The molecule has 0 unspecified atom stereocenters. The molecule has 2 aromatic carbocycles. The molecule has 0 spiro atoms. The average Bonchev–Trinajstić information content (AvgIpc) is 2.82. The fourth-order valence-corrected chi connectivity index (χ4v) is 2.97. The van der Waals surface area contributed by atoms with E-state index in [1.165, 1.54) is 0 Å². The Balaban J connectivity index is 1.34. The molecule has 2 aromatic rings. The van der Waals surface area contributed by atoms with Gasteiger partial charge in [0.05, 0.1) is 7.11 Å². The number of methoxy groups -OCH3 is 1. The number of carbonyl (C=O) groups is 3. The van der Waals surface area contributed by atoms with E-state index in [1.807, 2.05) is 30.3 Å². The second kappa shape index (κ2) is 10.9. The molecule has 0 atom stereocenters. The number of hydrogen-bond acceptors (Lipinski definition) is 6. The maximum Gasteiger partial charge on any atom is 0.344 e. The highest BCUT2D eigenvalue weighted by Gasteiger charge is 2.24. The fraction of sp³-hybridized carbons (Fsp3) is 0.318. The molecule has 0 aromatic heterocycles. The maximum absolute atomic E-state index is 12.3. The van der Waals surface area contributed by atoms with E-state index in [-0.39, 0.29) is 25.2 Å². The Kier molecular flexibility index (Phi) is 7.69. The molecule has 1 heterocycles. The van der Waals surface area contributed by atoms with Crippen LogP contribution >= 0.6 is 0 Å². The maximum atomic E-state index is 12.3. The minimum atomic E-state index is -0.634. The first-order chi connectivity index (χ1) is 15.0. The Morgan fingerprint density at radius 3 is 2.10 bits per heavy atom. The Hall–Kier alpha value is -3.75. The number of hydrogen-bond donors (Lipinski definition) is 1. The molecule has 31 heavy (non-hydrogen) atoms. The van der Waals surface area contributed by atoms with Gasteiger partial charge in [-0.15, -0.1) is 0 Å². The molecule has 3 amide bonds. The number of carbonyl (C=O) groups excluding carboxylic acids is 3.